The number of carbonyl (C=O) groups is 2. The smallest absolute Gasteiger partial charge is 0.315 e. The van der Waals surface area contributed by atoms with Gasteiger partial charge in [0.1, 0.15) is 0 Å². The number of amides is 2. The van der Waals surface area contributed by atoms with Gasteiger partial charge in [0.25, 0.3) is 0 Å². The van der Waals surface area contributed by atoms with Crippen LogP contribution >= 0.6 is 0 Å². The van der Waals surface area contributed by atoms with Crippen molar-refractivity contribution in [1.29, 1.82) is 0 Å². The van der Waals surface area contributed by atoms with Gasteiger partial charge in [0, 0.05) is 19.0 Å². The van der Waals surface area contributed by atoms with E-state index in [1.165, 1.54) is 6.42 Å². The number of hydrogen-bond donors (Lipinski definition) is 3. The average Bonchev–Trinajstić information content (AvgIpc) is 2.32. The molecule has 3 atom stereocenters. The fourth-order valence-electron chi connectivity index (χ4n) is 3.15. The topological polar surface area (TPSA) is 78.4 Å². The molecule has 3 N–H and O–H groups in total. The predicted octanol–water partition coefficient (Wildman–Crippen LogP) is 2.61. The third-order valence-electron chi connectivity index (χ3n) is 4.11. The van der Waals surface area contributed by atoms with Gasteiger partial charge in [-0.1, -0.05) is 27.2 Å². The first-order chi connectivity index (χ1) is 9.40. The molecule has 0 spiro atoms. The van der Waals surface area contributed by atoms with Crippen molar-refractivity contribution in [2.75, 3.05) is 6.54 Å². The predicted molar refractivity (Wildman–Crippen MR) is 78.5 cm³/mol. The van der Waals surface area contributed by atoms with Crippen LogP contribution in [0.3, 0.4) is 0 Å². The van der Waals surface area contributed by atoms with E-state index in [9.17, 15) is 9.59 Å². The summed E-state index contributed by atoms with van der Waals surface area (Å²) in [6.07, 6.45) is 4.16. The minimum atomic E-state index is -0.811. The monoisotopic (exact) mass is 284 g/mol. The Bertz CT molecular complexity index is 323. The third-order valence-corrected chi connectivity index (χ3v) is 4.11. The van der Waals surface area contributed by atoms with E-state index >= 15 is 0 Å². The molecule has 1 saturated carbocycles. The second-order valence-electron chi connectivity index (χ2n) is 6.34. The van der Waals surface area contributed by atoms with Gasteiger partial charge in [0.2, 0.25) is 0 Å². The standard InChI is InChI=1S/C15H28N2O3/c1-4-12(8-14(18)19)9-16-15(20)17-13-6-10(2)5-11(3)7-13/h10-13H,4-9H2,1-3H3,(H,18,19)(H2,16,17,20). The highest BCUT2D eigenvalue weighted by molar-refractivity contribution is 5.74. The largest absolute Gasteiger partial charge is 0.481 e. The highest BCUT2D eigenvalue weighted by Gasteiger charge is 2.25. The lowest BCUT2D eigenvalue weighted by atomic mass is 9.80. The number of carboxylic acid groups (broad SMARTS) is 1. The highest BCUT2D eigenvalue weighted by Crippen LogP contribution is 2.28. The molecule has 1 rings (SSSR count). The molecule has 116 valence electrons. The lowest BCUT2D eigenvalue weighted by Gasteiger charge is -2.32. The number of hydrogen-bond acceptors (Lipinski definition) is 2. The minimum absolute atomic E-state index is 0.00227. The Hall–Kier alpha value is -1.26. The first kappa shape index (κ1) is 16.8. The molecule has 0 heterocycles. The Kier molecular flexibility index (Phi) is 6.82. The van der Waals surface area contributed by atoms with Gasteiger partial charge in [0.05, 0.1) is 0 Å². The molecule has 20 heavy (non-hydrogen) atoms. The van der Waals surface area contributed by atoms with E-state index in [2.05, 4.69) is 24.5 Å². The third kappa shape index (κ3) is 6.26. The van der Waals surface area contributed by atoms with E-state index < -0.39 is 5.97 Å². The lowest BCUT2D eigenvalue weighted by Crippen LogP contribution is -2.46. The van der Waals surface area contributed by atoms with Crippen LogP contribution in [0.4, 0.5) is 4.79 Å². The lowest BCUT2D eigenvalue weighted by molar-refractivity contribution is -0.138. The van der Waals surface area contributed by atoms with Gasteiger partial charge in [0.15, 0.2) is 0 Å². The number of carbonyl (C=O) groups excluding carboxylic acids is 1. The first-order valence-corrected chi connectivity index (χ1v) is 7.66. The molecule has 0 radical (unpaired) electrons. The van der Waals surface area contributed by atoms with E-state index in [-0.39, 0.29) is 24.4 Å². The summed E-state index contributed by atoms with van der Waals surface area (Å²) in [6, 6.07) is 0.0773. The summed E-state index contributed by atoms with van der Waals surface area (Å²) in [6.45, 7) is 6.81. The fourth-order valence-corrected chi connectivity index (χ4v) is 3.15. The van der Waals surface area contributed by atoms with Crippen molar-refractivity contribution < 1.29 is 14.7 Å². The Morgan fingerprint density at radius 3 is 2.30 bits per heavy atom. The SMILES string of the molecule is CCC(CNC(=O)NC1CC(C)CC(C)C1)CC(=O)O. The summed E-state index contributed by atoms with van der Waals surface area (Å²) >= 11 is 0. The maximum atomic E-state index is 11.9. The molecule has 0 aliphatic heterocycles. The van der Waals surface area contributed by atoms with Gasteiger partial charge < -0.3 is 15.7 Å². The van der Waals surface area contributed by atoms with E-state index in [1.807, 2.05) is 6.92 Å². The van der Waals surface area contributed by atoms with E-state index in [4.69, 9.17) is 5.11 Å². The Morgan fingerprint density at radius 1 is 1.20 bits per heavy atom. The van der Waals surface area contributed by atoms with Crippen molar-refractivity contribution >= 4 is 12.0 Å². The second kappa shape index (κ2) is 8.12. The molecule has 0 saturated heterocycles. The fraction of sp³-hybridized carbons (Fsp3) is 0.867. The van der Waals surface area contributed by atoms with Crippen LogP contribution in [0.25, 0.3) is 0 Å². The molecule has 0 bridgehead atoms. The molecule has 1 aliphatic carbocycles. The molecular weight excluding hydrogens is 256 g/mol. The molecule has 0 aromatic carbocycles. The Labute approximate surface area is 121 Å². The minimum Gasteiger partial charge on any atom is -0.481 e. The van der Waals surface area contributed by atoms with Crippen molar-refractivity contribution in [2.24, 2.45) is 17.8 Å². The van der Waals surface area contributed by atoms with Crippen molar-refractivity contribution in [3.63, 3.8) is 0 Å². The van der Waals surface area contributed by atoms with Crippen molar-refractivity contribution in [3.8, 4) is 0 Å². The van der Waals surface area contributed by atoms with Crippen LogP contribution in [0, 0.1) is 17.8 Å². The summed E-state index contributed by atoms with van der Waals surface area (Å²) in [5.41, 5.74) is 0. The molecule has 5 heteroatoms. The van der Waals surface area contributed by atoms with Gasteiger partial charge in [-0.15, -0.1) is 0 Å². The molecule has 1 fully saturated rings. The van der Waals surface area contributed by atoms with Crippen LogP contribution in [-0.2, 0) is 4.79 Å². The van der Waals surface area contributed by atoms with Crippen LogP contribution in [-0.4, -0.2) is 29.7 Å². The molecule has 2 amide bonds. The number of urea groups is 1. The van der Waals surface area contributed by atoms with Gasteiger partial charge in [-0.3, -0.25) is 4.79 Å². The zero-order chi connectivity index (χ0) is 15.1. The van der Waals surface area contributed by atoms with Crippen LogP contribution in [0.1, 0.15) is 52.9 Å². The number of carboxylic acids is 1. The van der Waals surface area contributed by atoms with Crippen molar-refractivity contribution in [3.05, 3.63) is 0 Å². The van der Waals surface area contributed by atoms with Crippen molar-refractivity contribution in [1.82, 2.24) is 10.6 Å². The van der Waals surface area contributed by atoms with Gasteiger partial charge in [-0.2, -0.15) is 0 Å². The van der Waals surface area contributed by atoms with Crippen LogP contribution in [0.15, 0.2) is 0 Å². The van der Waals surface area contributed by atoms with Crippen LogP contribution < -0.4 is 10.6 Å². The summed E-state index contributed by atoms with van der Waals surface area (Å²) in [4.78, 5) is 22.5. The average molecular weight is 284 g/mol. The van der Waals surface area contributed by atoms with Crippen molar-refractivity contribution in [2.45, 2.75) is 58.9 Å². The van der Waals surface area contributed by atoms with Gasteiger partial charge >= 0.3 is 12.0 Å². The Balaban J connectivity index is 2.30. The Morgan fingerprint density at radius 2 is 1.80 bits per heavy atom. The second-order valence-corrected chi connectivity index (χ2v) is 6.34. The molecule has 0 aromatic rings. The highest BCUT2D eigenvalue weighted by atomic mass is 16.4. The zero-order valence-electron chi connectivity index (χ0n) is 12.8. The normalized spacial score (nSPS) is 27.6. The number of aliphatic carboxylic acids is 1. The molecular formula is C15H28N2O3. The number of rotatable bonds is 6. The molecule has 5 nitrogen and oxygen atoms in total. The zero-order valence-corrected chi connectivity index (χ0v) is 12.8. The van der Waals surface area contributed by atoms with Crippen LogP contribution in [0.2, 0.25) is 0 Å². The van der Waals surface area contributed by atoms with Gasteiger partial charge in [-0.05, 0) is 37.0 Å². The first-order valence-electron chi connectivity index (χ1n) is 7.66. The number of nitrogens with one attached hydrogen (secondary N) is 2. The van der Waals surface area contributed by atoms with E-state index in [0.29, 0.717) is 18.4 Å². The maximum absolute atomic E-state index is 11.9. The van der Waals surface area contributed by atoms with E-state index in [0.717, 1.165) is 19.3 Å². The summed E-state index contributed by atoms with van der Waals surface area (Å²) < 4.78 is 0. The molecule has 1 aliphatic rings. The van der Waals surface area contributed by atoms with E-state index in [1.54, 1.807) is 0 Å². The quantitative estimate of drug-likeness (QED) is 0.701. The maximum Gasteiger partial charge on any atom is 0.315 e. The van der Waals surface area contributed by atoms with Crippen LogP contribution in [0.5, 0.6) is 0 Å². The summed E-state index contributed by atoms with van der Waals surface area (Å²) in [5, 5.41) is 14.6. The molecule has 3 unspecified atom stereocenters. The summed E-state index contributed by atoms with van der Waals surface area (Å²) in [7, 11) is 0. The van der Waals surface area contributed by atoms with Gasteiger partial charge in [-0.25, -0.2) is 4.79 Å². The summed E-state index contributed by atoms with van der Waals surface area (Å²) in [5.74, 6) is 0.496. The molecule has 0 aromatic heterocycles.